The summed E-state index contributed by atoms with van der Waals surface area (Å²) in [5.74, 6) is -0.763. The Kier molecular flexibility index (Phi) is 7.71. The van der Waals surface area contributed by atoms with Crippen molar-refractivity contribution in [2.24, 2.45) is 0 Å². The third-order valence-electron chi connectivity index (χ3n) is 5.33. The van der Waals surface area contributed by atoms with Crippen LogP contribution in [0.2, 0.25) is 0 Å². The lowest BCUT2D eigenvalue weighted by Gasteiger charge is -2.14. The summed E-state index contributed by atoms with van der Waals surface area (Å²) in [6.45, 7) is 3.61. The summed E-state index contributed by atoms with van der Waals surface area (Å²) in [5, 5.41) is 13.6. The second-order valence-corrected chi connectivity index (χ2v) is 12.2. The number of thioether (sulfide) groups is 1. The van der Waals surface area contributed by atoms with E-state index in [2.05, 4.69) is 20.8 Å². The fourth-order valence-electron chi connectivity index (χ4n) is 3.47. The van der Waals surface area contributed by atoms with Crippen molar-refractivity contribution in [1.29, 1.82) is 0 Å². The number of fused-ring (bicyclic) bond motifs is 1. The van der Waals surface area contributed by atoms with E-state index in [9.17, 15) is 22.8 Å². The Morgan fingerprint density at radius 3 is 2.56 bits per heavy atom. The average molecular weight is 546 g/mol. The molecule has 0 saturated heterocycles. The number of carbonyl (C=O) groups excluding carboxylic acids is 3. The number of sulfonamides is 1. The molecular formula is C23H23N5O5S3. The molecule has 3 amide bonds. The number of benzene rings is 2. The minimum atomic E-state index is -3.96. The van der Waals surface area contributed by atoms with E-state index >= 15 is 0 Å². The van der Waals surface area contributed by atoms with Crippen molar-refractivity contribution in [2.45, 2.75) is 35.9 Å². The second-order valence-electron chi connectivity index (χ2n) is 8.01. The van der Waals surface area contributed by atoms with Crippen molar-refractivity contribution in [1.82, 2.24) is 14.5 Å². The Balaban J connectivity index is 1.23. The van der Waals surface area contributed by atoms with Crippen LogP contribution >= 0.6 is 23.1 Å². The van der Waals surface area contributed by atoms with Crippen LogP contribution < -0.4 is 10.6 Å². The van der Waals surface area contributed by atoms with Crippen LogP contribution in [0, 0.1) is 13.8 Å². The molecule has 2 aromatic carbocycles. The molecule has 0 aliphatic carbocycles. The molecule has 0 radical (unpaired) electrons. The number of aromatic nitrogens is 2. The molecule has 2 N–H and O–H groups in total. The van der Waals surface area contributed by atoms with Gasteiger partial charge in [-0.05, 0) is 43.2 Å². The Bertz CT molecular complexity index is 1440. The summed E-state index contributed by atoms with van der Waals surface area (Å²) >= 11 is 2.49. The molecule has 0 atom stereocenters. The topological polar surface area (TPSA) is 138 Å². The van der Waals surface area contributed by atoms with Gasteiger partial charge in [-0.2, -0.15) is 0 Å². The quantitative estimate of drug-likeness (QED) is 0.308. The number of hydrogen-bond donors (Lipinski definition) is 2. The van der Waals surface area contributed by atoms with Gasteiger partial charge in [-0.1, -0.05) is 47.4 Å². The van der Waals surface area contributed by atoms with Crippen LogP contribution in [0.25, 0.3) is 0 Å². The molecule has 10 nitrogen and oxygen atoms in total. The second kappa shape index (κ2) is 10.8. The van der Waals surface area contributed by atoms with Gasteiger partial charge >= 0.3 is 0 Å². The zero-order valence-electron chi connectivity index (χ0n) is 19.5. The normalized spacial score (nSPS) is 13.9. The minimum absolute atomic E-state index is 0.0519. The van der Waals surface area contributed by atoms with Gasteiger partial charge in [-0.3, -0.25) is 14.4 Å². The monoisotopic (exact) mass is 545 g/mol. The highest BCUT2D eigenvalue weighted by atomic mass is 32.2. The van der Waals surface area contributed by atoms with E-state index in [4.69, 9.17) is 0 Å². The van der Waals surface area contributed by atoms with Gasteiger partial charge in [0.2, 0.25) is 16.9 Å². The summed E-state index contributed by atoms with van der Waals surface area (Å²) in [5.41, 5.74) is 2.94. The molecule has 1 aliphatic rings. The van der Waals surface area contributed by atoms with Crippen LogP contribution in [0.1, 0.15) is 34.3 Å². The van der Waals surface area contributed by atoms with E-state index in [1.807, 2.05) is 32.0 Å². The number of amides is 3. The van der Waals surface area contributed by atoms with Crippen molar-refractivity contribution < 1.29 is 22.8 Å². The minimum Gasteiger partial charge on any atom is -0.326 e. The smallest absolute Gasteiger partial charge is 0.269 e. The van der Waals surface area contributed by atoms with Gasteiger partial charge in [-0.25, -0.2) is 12.7 Å². The Morgan fingerprint density at radius 2 is 1.78 bits per heavy atom. The first-order valence-corrected chi connectivity index (χ1v) is 14.2. The van der Waals surface area contributed by atoms with E-state index in [1.165, 1.54) is 23.9 Å². The highest BCUT2D eigenvalue weighted by Gasteiger charge is 2.40. The number of anilines is 2. The van der Waals surface area contributed by atoms with E-state index in [0.717, 1.165) is 28.2 Å². The lowest BCUT2D eigenvalue weighted by Crippen LogP contribution is -2.33. The van der Waals surface area contributed by atoms with Gasteiger partial charge in [0.1, 0.15) is 4.90 Å². The van der Waals surface area contributed by atoms with Crippen molar-refractivity contribution in [2.75, 3.05) is 22.9 Å². The van der Waals surface area contributed by atoms with Crippen LogP contribution in [0.4, 0.5) is 10.8 Å². The number of nitrogens with zero attached hydrogens (tertiary/aromatic N) is 3. The van der Waals surface area contributed by atoms with Crippen molar-refractivity contribution >= 4 is 61.7 Å². The highest BCUT2D eigenvalue weighted by molar-refractivity contribution is 8.01. The van der Waals surface area contributed by atoms with E-state index in [1.54, 1.807) is 12.1 Å². The first-order valence-electron chi connectivity index (χ1n) is 10.9. The molecule has 36 heavy (non-hydrogen) atoms. The van der Waals surface area contributed by atoms with Crippen molar-refractivity contribution in [3.63, 3.8) is 0 Å². The number of rotatable bonds is 9. The Labute approximate surface area is 216 Å². The van der Waals surface area contributed by atoms with E-state index in [0.29, 0.717) is 14.4 Å². The largest absolute Gasteiger partial charge is 0.326 e. The molecular weight excluding hydrogens is 522 g/mol. The number of hydrogen-bond acceptors (Lipinski definition) is 9. The molecule has 188 valence electrons. The Morgan fingerprint density at radius 1 is 1.03 bits per heavy atom. The molecule has 2 heterocycles. The maximum Gasteiger partial charge on any atom is 0.269 e. The average Bonchev–Trinajstić information content (AvgIpc) is 3.35. The zero-order valence-corrected chi connectivity index (χ0v) is 21.9. The van der Waals surface area contributed by atoms with Gasteiger partial charge in [0.15, 0.2) is 4.34 Å². The first kappa shape index (κ1) is 25.8. The predicted molar refractivity (Wildman–Crippen MR) is 138 cm³/mol. The van der Waals surface area contributed by atoms with Gasteiger partial charge in [0.05, 0.1) is 5.56 Å². The molecule has 0 spiro atoms. The fourth-order valence-corrected chi connectivity index (χ4v) is 6.82. The van der Waals surface area contributed by atoms with Crippen LogP contribution in [0.5, 0.6) is 0 Å². The molecule has 1 aromatic heterocycles. The van der Waals surface area contributed by atoms with E-state index in [-0.39, 0.29) is 40.9 Å². The first-order chi connectivity index (χ1) is 17.1. The summed E-state index contributed by atoms with van der Waals surface area (Å²) < 4.78 is 26.4. The SMILES string of the molecule is Cc1ccc(C)c(NC(=O)CCSc2nnc(NC(=O)CCN3C(=O)c4ccccc4S3(=O)=O)s2)c1. The van der Waals surface area contributed by atoms with Gasteiger partial charge < -0.3 is 10.6 Å². The molecule has 0 saturated carbocycles. The summed E-state index contributed by atoms with van der Waals surface area (Å²) in [4.78, 5) is 37.0. The standard InChI is InChI=1S/C23H23N5O5S3/c1-14-7-8-15(2)17(13-14)24-20(30)10-12-34-23-27-26-22(35-23)25-19(29)9-11-28-21(31)16-5-3-4-6-18(16)36(28,32)33/h3-8,13H,9-12H2,1-2H3,(H,24,30)(H,25,26,29). The summed E-state index contributed by atoms with van der Waals surface area (Å²) in [7, 11) is -3.96. The summed E-state index contributed by atoms with van der Waals surface area (Å²) in [6.07, 6.45) is 0.0552. The van der Waals surface area contributed by atoms with Crippen LogP contribution in [0.15, 0.2) is 51.7 Å². The molecule has 0 unspecified atom stereocenters. The van der Waals surface area contributed by atoms with Crippen molar-refractivity contribution in [3.05, 3.63) is 59.2 Å². The number of nitrogens with one attached hydrogen (secondary N) is 2. The lowest BCUT2D eigenvalue weighted by atomic mass is 10.1. The maximum atomic E-state index is 12.6. The van der Waals surface area contributed by atoms with Gasteiger partial charge in [0, 0.05) is 30.8 Å². The van der Waals surface area contributed by atoms with E-state index < -0.39 is 21.8 Å². The number of aryl methyl sites for hydroxylation is 2. The molecule has 13 heteroatoms. The molecule has 0 fully saturated rings. The third-order valence-corrected chi connectivity index (χ3v) is 9.14. The van der Waals surface area contributed by atoms with Crippen LogP contribution in [-0.2, 0) is 19.6 Å². The molecule has 4 rings (SSSR count). The molecule has 0 bridgehead atoms. The number of carbonyl (C=O) groups is 3. The van der Waals surface area contributed by atoms with Crippen LogP contribution in [-0.4, -0.2) is 52.9 Å². The summed E-state index contributed by atoms with van der Waals surface area (Å²) in [6, 6.07) is 11.8. The molecule has 1 aliphatic heterocycles. The van der Waals surface area contributed by atoms with Gasteiger partial charge in [0.25, 0.3) is 15.9 Å². The third kappa shape index (κ3) is 5.74. The van der Waals surface area contributed by atoms with Crippen LogP contribution in [0.3, 0.4) is 0 Å². The lowest BCUT2D eigenvalue weighted by molar-refractivity contribution is -0.116. The predicted octanol–water partition coefficient (Wildman–Crippen LogP) is 3.45. The zero-order chi connectivity index (χ0) is 25.9. The molecule has 3 aromatic rings. The Hall–Kier alpha value is -3.29. The van der Waals surface area contributed by atoms with Gasteiger partial charge in [-0.15, -0.1) is 10.2 Å². The maximum absolute atomic E-state index is 12.6. The highest BCUT2D eigenvalue weighted by Crippen LogP contribution is 2.30. The van der Waals surface area contributed by atoms with Crippen molar-refractivity contribution in [3.8, 4) is 0 Å². The fraction of sp³-hybridized carbons (Fsp3) is 0.261.